The van der Waals surface area contributed by atoms with Gasteiger partial charge in [0.25, 0.3) is 0 Å². The predicted octanol–water partition coefficient (Wildman–Crippen LogP) is 2.69. The molecule has 0 atom stereocenters. The second-order valence-electron chi connectivity index (χ2n) is 7.11. The Hall–Kier alpha value is -2.61. The van der Waals surface area contributed by atoms with Gasteiger partial charge in [0.2, 0.25) is 0 Å². The molecule has 0 aliphatic carbocycles. The lowest BCUT2D eigenvalue weighted by molar-refractivity contribution is -0.0172. The molecule has 2 aromatic rings. The van der Waals surface area contributed by atoms with E-state index < -0.39 is 0 Å². The lowest BCUT2D eigenvalue weighted by Crippen LogP contribution is -2.38. The molecule has 1 aromatic carbocycles. The Kier molecular flexibility index (Phi) is 7.46. The summed E-state index contributed by atoms with van der Waals surface area (Å²) in [6.07, 6.45) is 1.54. The summed E-state index contributed by atoms with van der Waals surface area (Å²) in [6.45, 7) is 9.64. The number of rotatable bonds is 8. The zero-order valence-electron chi connectivity index (χ0n) is 17.4. The van der Waals surface area contributed by atoms with Crippen molar-refractivity contribution in [2.45, 2.75) is 46.8 Å². The molecule has 1 aliphatic rings. The van der Waals surface area contributed by atoms with Crippen LogP contribution in [-0.2, 0) is 24.3 Å². The van der Waals surface area contributed by atoms with Gasteiger partial charge in [-0.05, 0) is 57.4 Å². The zero-order chi connectivity index (χ0) is 20.6. The maximum atomic E-state index is 13.9. The number of aliphatic imine (C=N–C) groups is 1. The number of guanidine groups is 1. The number of aryl methyl sites for hydroxylation is 3. The van der Waals surface area contributed by atoms with Gasteiger partial charge in [0.1, 0.15) is 11.6 Å². The molecule has 3 rings (SSSR count). The van der Waals surface area contributed by atoms with Crippen molar-refractivity contribution in [2.75, 3.05) is 26.4 Å². The molecule has 0 radical (unpaired) electrons. The molecule has 2 N–H and O–H groups in total. The van der Waals surface area contributed by atoms with Crippen LogP contribution < -0.4 is 15.4 Å². The first-order valence-electron chi connectivity index (χ1n) is 10.1. The van der Waals surface area contributed by atoms with Gasteiger partial charge < -0.3 is 20.1 Å². The normalized spacial score (nSPS) is 13.7. The number of halogens is 1. The van der Waals surface area contributed by atoms with Crippen LogP contribution in [-0.4, -0.2) is 42.2 Å². The minimum Gasteiger partial charge on any atom is -0.467 e. The van der Waals surface area contributed by atoms with Gasteiger partial charge in [-0.15, -0.1) is 0 Å². The molecule has 0 amide bonds. The van der Waals surface area contributed by atoms with E-state index in [1.54, 1.807) is 0 Å². The molecule has 2 heterocycles. The quantitative estimate of drug-likeness (QED) is 0.403. The number of nitrogens with one attached hydrogen (secondary N) is 2. The molecule has 1 aromatic heterocycles. The average molecular weight is 404 g/mol. The van der Waals surface area contributed by atoms with Crippen LogP contribution in [0.4, 0.5) is 4.39 Å². The third kappa shape index (κ3) is 5.93. The summed E-state index contributed by atoms with van der Waals surface area (Å²) in [5.74, 6) is 1.24. The number of hydrogen-bond donors (Lipinski definition) is 2. The summed E-state index contributed by atoms with van der Waals surface area (Å²) < 4.78 is 26.7. The Bertz CT molecular complexity index is 850. The SMILES string of the molecule is CCNC(=NCCCn1nc(C)cc1C)NCCc1cc(F)cc2c1OCOC2. The van der Waals surface area contributed by atoms with Crippen LogP contribution in [0, 0.1) is 19.7 Å². The fourth-order valence-corrected chi connectivity index (χ4v) is 3.41. The molecule has 0 saturated heterocycles. The van der Waals surface area contributed by atoms with Gasteiger partial charge in [0.15, 0.2) is 12.8 Å². The molecule has 0 unspecified atom stereocenters. The number of fused-ring (bicyclic) bond motifs is 1. The number of ether oxygens (including phenoxy) is 2. The molecule has 29 heavy (non-hydrogen) atoms. The van der Waals surface area contributed by atoms with E-state index in [-0.39, 0.29) is 12.6 Å². The molecule has 8 heteroatoms. The lowest BCUT2D eigenvalue weighted by atomic mass is 10.1. The predicted molar refractivity (Wildman–Crippen MR) is 111 cm³/mol. The van der Waals surface area contributed by atoms with E-state index in [9.17, 15) is 4.39 Å². The molecule has 158 valence electrons. The standard InChI is InChI=1S/C21H30FN5O2/c1-4-23-21(24-7-5-9-27-16(3)10-15(2)26-27)25-8-6-17-11-19(22)12-18-13-28-14-29-20(17)18/h10-12H,4-9,13-14H2,1-3H3,(H2,23,24,25). The summed E-state index contributed by atoms with van der Waals surface area (Å²) in [7, 11) is 0. The number of aromatic nitrogens is 2. The maximum Gasteiger partial charge on any atom is 0.191 e. The number of benzene rings is 1. The maximum absolute atomic E-state index is 13.9. The highest BCUT2D eigenvalue weighted by Crippen LogP contribution is 2.29. The smallest absolute Gasteiger partial charge is 0.191 e. The Labute approximate surface area is 171 Å². The van der Waals surface area contributed by atoms with Crippen molar-refractivity contribution in [3.8, 4) is 5.75 Å². The Balaban J connectivity index is 1.51. The lowest BCUT2D eigenvalue weighted by Gasteiger charge is -2.21. The average Bonchev–Trinajstić information content (AvgIpc) is 3.02. The molecule has 0 saturated carbocycles. The van der Waals surface area contributed by atoms with E-state index in [2.05, 4.69) is 33.7 Å². The molecular formula is C21H30FN5O2. The number of hydrogen-bond acceptors (Lipinski definition) is 4. The van der Waals surface area contributed by atoms with Crippen LogP contribution in [0.15, 0.2) is 23.2 Å². The minimum absolute atomic E-state index is 0.207. The summed E-state index contributed by atoms with van der Waals surface area (Å²) in [5.41, 5.74) is 3.81. The van der Waals surface area contributed by atoms with Gasteiger partial charge in [-0.2, -0.15) is 5.10 Å². The van der Waals surface area contributed by atoms with E-state index in [0.29, 0.717) is 26.1 Å². The first-order valence-corrected chi connectivity index (χ1v) is 10.1. The van der Waals surface area contributed by atoms with Gasteiger partial charge in [-0.1, -0.05) is 0 Å². The van der Waals surface area contributed by atoms with E-state index >= 15 is 0 Å². The van der Waals surface area contributed by atoms with Crippen molar-refractivity contribution < 1.29 is 13.9 Å². The second kappa shape index (κ2) is 10.2. The van der Waals surface area contributed by atoms with Crippen LogP contribution in [0.5, 0.6) is 5.75 Å². The Morgan fingerprint density at radius 1 is 1.28 bits per heavy atom. The summed E-state index contributed by atoms with van der Waals surface area (Å²) in [4.78, 5) is 4.63. The van der Waals surface area contributed by atoms with Gasteiger partial charge in [-0.3, -0.25) is 9.67 Å². The molecule has 0 bridgehead atoms. The van der Waals surface area contributed by atoms with Crippen LogP contribution in [0.1, 0.15) is 35.9 Å². The highest BCUT2D eigenvalue weighted by atomic mass is 19.1. The van der Waals surface area contributed by atoms with Crippen LogP contribution in [0.25, 0.3) is 0 Å². The molecule has 0 spiro atoms. The minimum atomic E-state index is -0.266. The summed E-state index contributed by atoms with van der Waals surface area (Å²) in [6, 6.07) is 5.08. The molecule has 7 nitrogen and oxygen atoms in total. The van der Waals surface area contributed by atoms with E-state index in [0.717, 1.165) is 48.0 Å². The van der Waals surface area contributed by atoms with Gasteiger partial charge in [0.05, 0.1) is 12.3 Å². The van der Waals surface area contributed by atoms with Crippen LogP contribution >= 0.6 is 0 Å². The largest absolute Gasteiger partial charge is 0.467 e. The third-order valence-electron chi connectivity index (χ3n) is 4.68. The first-order chi connectivity index (χ1) is 14.1. The van der Waals surface area contributed by atoms with Crippen molar-refractivity contribution in [2.24, 2.45) is 4.99 Å². The van der Waals surface area contributed by atoms with Gasteiger partial charge in [-0.25, -0.2) is 4.39 Å². The Morgan fingerprint density at radius 2 is 2.14 bits per heavy atom. The van der Waals surface area contributed by atoms with E-state index in [4.69, 9.17) is 9.47 Å². The zero-order valence-corrected chi connectivity index (χ0v) is 17.4. The van der Waals surface area contributed by atoms with Crippen LogP contribution in [0.2, 0.25) is 0 Å². The number of nitrogens with zero attached hydrogens (tertiary/aromatic N) is 3. The topological polar surface area (TPSA) is 72.7 Å². The molecule has 0 fully saturated rings. The van der Waals surface area contributed by atoms with Crippen molar-refractivity contribution in [1.82, 2.24) is 20.4 Å². The van der Waals surface area contributed by atoms with Gasteiger partial charge >= 0.3 is 0 Å². The van der Waals surface area contributed by atoms with Crippen molar-refractivity contribution in [1.29, 1.82) is 0 Å². The van der Waals surface area contributed by atoms with Crippen molar-refractivity contribution in [3.63, 3.8) is 0 Å². The highest BCUT2D eigenvalue weighted by Gasteiger charge is 2.16. The summed E-state index contributed by atoms with van der Waals surface area (Å²) in [5, 5.41) is 11.0. The second-order valence-corrected chi connectivity index (χ2v) is 7.11. The van der Waals surface area contributed by atoms with Crippen molar-refractivity contribution in [3.05, 3.63) is 46.5 Å². The fourth-order valence-electron chi connectivity index (χ4n) is 3.41. The van der Waals surface area contributed by atoms with Crippen molar-refractivity contribution >= 4 is 5.96 Å². The fraction of sp³-hybridized carbons (Fsp3) is 0.524. The van der Waals surface area contributed by atoms with Crippen LogP contribution in [0.3, 0.4) is 0 Å². The summed E-state index contributed by atoms with van der Waals surface area (Å²) >= 11 is 0. The molecule has 1 aliphatic heterocycles. The highest BCUT2D eigenvalue weighted by molar-refractivity contribution is 5.79. The Morgan fingerprint density at radius 3 is 2.90 bits per heavy atom. The van der Waals surface area contributed by atoms with Gasteiger partial charge in [0, 0.05) is 37.4 Å². The van der Waals surface area contributed by atoms with E-state index in [1.165, 1.54) is 17.8 Å². The monoisotopic (exact) mass is 403 g/mol. The molecular weight excluding hydrogens is 373 g/mol. The first kappa shape index (κ1) is 21.1. The van der Waals surface area contributed by atoms with E-state index in [1.807, 2.05) is 18.5 Å². The third-order valence-corrected chi connectivity index (χ3v) is 4.68.